The number of nitrogens with one attached hydrogen (secondary N) is 1. The van der Waals surface area contributed by atoms with Gasteiger partial charge in [0, 0.05) is 11.6 Å². The van der Waals surface area contributed by atoms with Gasteiger partial charge < -0.3 is 4.98 Å². The fourth-order valence-electron chi connectivity index (χ4n) is 2.14. The number of aromatic amines is 1. The number of fused-ring (bicyclic) bond motifs is 1. The van der Waals surface area contributed by atoms with Crippen LogP contribution in [0.5, 0.6) is 0 Å². The Hall–Kier alpha value is -1.88. The van der Waals surface area contributed by atoms with Gasteiger partial charge in [0.25, 0.3) is 5.56 Å². The van der Waals surface area contributed by atoms with E-state index in [1.807, 2.05) is 41.9 Å². The lowest BCUT2D eigenvalue weighted by atomic mass is 10.2. The van der Waals surface area contributed by atoms with Crippen LogP contribution in [0, 0.1) is 6.92 Å². The third-order valence-corrected chi connectivity index (χ3v) is 3.98. The first-order valence-electron chi connectivity index (χ1n) is 5.86. The van der Waals surface area contributed by atoms with E-state index >= 15 is 0 Å². The molecule has 0 saturated heterocycles. The molecule has 1 N–H and O–H groups in total. The van der Waals surface area contributed by atoms with Crippen molar-refractivity contribution in [1.82, 2.24) is 14.6 Å². The molecule has 0 radical (unpaired) electrons. The SMILES string of the molecule is CCc1c(C)c(=O)[nH]c2cc(-c3cccs3)nn12. The van der Waals surface area contributed by atoms with Crippen LogP contribution in [-0.4, -0.2) is 14.6 Å². The highest BCUT2D eigenvalue weighted by molar-refractivity contribution is 7.13. The first-order valence-corrected chi connectivity index (χ1v) is 6.74. The van der Waals surface area contributed by atoms with Gasteiger partial charge in [-0.1, -0.05) is 13.0 Å². The second-order valence-corrected chi connectivity index (χ2v) is 5.13. The zero-order valence-electron chi connectivity index (χ0n) is 10.2. The Bertz CT molecular complexity index is 752. The Labute approximate surface area is 108 Å². The van der Waals surface area contributed by atoms with Crippen molar-refractivity contribution in [3.05, 3.63) is 45.2 Å². The molecule has 0 amide bonds. The number of rotatable bonds is 2. The highest BCUT2D eigenvalue weighted by atomic mass is 32.1. The van der Waals surface area contributed by atoms with Gasteiger partial charge in [-0.2, -0.15) is 5.10 Å². The van der Waals surface area contributed by atoms with Gasteiger partial charge in [0.2, 0.25) is 0 Å². The quantitative estimate of drug-likeness (QED) is 0.769. The summed E-state index contributed by atoms with van der Waals surface area (Å²) in [5, 5.41) is 6.61. The molecule has 0 aliphatic carbocycles. The number of aromatic nitrogens is 3. The number of thiophene rings is 1. The van der Waals surface area contributed by atoms with Crippen molar-refractivity contribution in [2.24, 2.45) is 0 Å². The van der Waals surface area contributed by atoms with Crippen LogP contribution < -0.4 is 5.56 Å². The molecule has 0 bridgehead atoms. The predicted octanol–water partition coefficient (Wildman–Crippen LogP) is 2.62. The van der Waals surface area contributed by atoms with Crippen LogP contribution in [0.15, 0.2) is 28.4 Å². The fraction of sp³-hybridized carbons (Fsp3) is 0.231. The Balaban J connectivity index is 2.33. The van der Waals surface area contributed by atoms with Gasteiger partial charge in [0.1, 0.15) is 11.3 Å². The summed E-state index contributed by atoms with van der Waals surface area (Å²) < 4.78 is 1.84. The second kappa shape index (κ2) is 4.10. The maximum Gasteiger partial charge on any atom is 0.254 e. The monoisotopic (exact) mass is 259 g/mol. The molecule has 0 fully saturated rings. The molecule has 0 aromatic carbocycles. The Morgan fingerprint density at radius 2 is 2.33 bits per heavy atom. The lowest BCUT2D eigenvalue weighted by molar-refractivity contribution is 0.830. The summed E-state index contributed by atoms with van der Waals surface area (Å²) in [6.45, 7) is 3.87. The molecular formula is C13H13N3OS. The zero-order valence-corrected chi connectivity index (χ0v) is 11.0. The Morgan fingerprint density at radius 3 is 3.00 bits per heavy atom. The number of aryl methyl sites for hydroxylation is 1. The van der Waals surface area contributed by atoms with Gasteiger partial charge in [0.05, 0.1) is 10.6 Å². The number of nitrogens with zero attached hydrogens (tertiary/aromatic N) is 2. The molecule has 0 atom stereocenters. The summed E-state index contributed by atoms with van der Waals surface area (Å²) in [5.41, 5.74) is 3.34. The van der Waals surface area contributed by atoms with Gasteiger partial charge in [-0.25, -0.2) is 4.52 Å². The van der Waals surface area contributed by atoms with Crippen LogP contribution in [-0.2, 0) is 6.42 Å². The minimum atomic E-state index is -0.0306. The molecule has 4 nitrogen and oxygen atoms in total. The molecule has 3 rings (SSSR count). The van der Waals surface area contributed by atoms with E-state index in [0.717, 1.165) is 33.9 Å². The normalized spacial score (nSPS) is 11.2. The molecule has 5 heteroatoms. The lowest BCUT2D eigenvalue weighted by Crippen LogP contribution is -2.16. The van der Waals surface area contributed by atoms with Crippen LogP contribution in [0.4, 0.5) is 0 Å². The molecule has 3 aromatic rings. The Kier molecular flexibility index (Phi) is 2.56. The maximum atomic E-state index is 11.8. The molecule has 3 heterocycles. The van der Waals surface area contributed by atoms with Gasteiger partial charge in [0.15, 0.2) is 0 Å². The standard InChI is InChI=1S/C13H13N3OS/c1-3-10-8(2)13(17)14-12-7-9(15-16(10)12)11-5-4-6-18-11/h4-7H,3H2,1-2H3,(H,14,17). The average molecular weight is 259 g/mol. The Morgan fingerprint density at radius 1 is 1.50 bits per heavy atom. The van der Waals surface area contributed by atoms with Crippen molar-refractivity contribution >= 4 is 17.0 Å². The van der Waals surface area contributed by atoms with E-state index in [-0.39, 0.29) is 5.56 Å². The van der Waals surface area contributed by atoms with Gasteiger partial charge in [-0.05, 0) is 24.8 Å². The lowest BCUT2D eigenvalue weighted by Gasteiger charge is -2.04. The molecule has 3 aromatic heterocycles. The van der Waals surface area contributed by atoms with Crippen molar-refractivity contribution in [3.8, 4) is 10.6 Å². The third kappa shape index (κ3) is 1.59. The van der Waals surface area contributed by atoms with Gasteiger partial charge in [-0.15, -0.1) is 11.3 Å². The number of H-pyrrole nitrogens is 1. The largest absolute Gasteiger partial charge is 0.307 e. The second-order valence-electron chi connectivity index (χ2n) is 4.18. The van der Waals surface area contributed by atoms with E-state index in [4.69, 9.17) is 0 Å². The average Bonchev–Trinajstić information content (AvgIpc) is 2.98. The van der Waals surface area contributed by atoms with Crippen molar-refractivity contribution < 1.29 is 0 Å². The summed E-state index contributed by atoms with van der Waals surface area (Å²) in [6.07, 6.45) is 0.789. The van der Waals surface area contributed by atoms with E-state index in [9.17, 15) is 4.79 Å². The van der Waals surface area contributed by atoms with Crippen LogP contribution in [0.1, 0.15) is 18.2 Å². The van der Waals surface area contributed by atoms with Crippen LogP contribution in [0.25, 0.3) is 16.2 Å². The van der Waals surface area contributed by atoms with Crippen molar-refractivity contribution in [2.75, 3.05) is 0 Å². The van der Waals surface area contributed by atoms with Gasteiger partial charge >= 0.3 is 0 Å². The van der Waals surface area contributed by atoms with E-state index in [1.165, 1.54) is 0 Å². The predicted molar refractivity (Wildman–Crippen MR) is 73.2 cm³/mol. The fourth-order valence-corrected chi connectivity index (χ4v) is 2.82. The third-order valence-electron chi connectivity index (χ3n) is 3.09. The number of hydrogen-bond acceptors (Lipinski definition) is 3. The highest BCUT2D eigenvalue weighted by Crippen LogP contribution is 2.24. The van der Waals surface area contributed by atoms with Crippen molar-refractivity contribution in [1.29, 1.82) is 0 Å². The van der Waals surface area contributed by atoms with E-state index in [1.54, 1.807) is 11.3 Å². The molecule has 0 aliphatic rings. The highest BCUT2D eigenvalue weighted by Gasteiger charge is 2.11. The molecule has 0 aliphatic heterocycles. The molecule has 0 unspecified atom stereocenters. The molecule has 0 spiro atoms. The smallest absolute Gasteiger partial charge is 0.254 e. The van der Waals surface area contributed by atoms with E-state index < -0.39 is 0 Å². The van der Waals surface area contributed by atoms with Crippen LogP contribution in [0.3, 0.4) is 0 Å². The minimum Gasteiger partial charge on any atom is -0.307 e. The van der Waals surface area contributed by atoms with Crippen LogP contribution >= 0.6 is 11.3 Å². The van der Waals surface area contributed by atoms with Crippen molar-refractivity contribution in [3.63, 3.8) is 0 Å². The summed E-state index contributed by atoms with van der Waals surface area (Å²) in [6, 6.07) is 5.95. The van der Waals surface area contributed by atoms with Crippen LogP contribution in [0.2, 0.25) is 0 Å². The molecular weight excluding hydrogens is 246 g/mol. The maximum absolute atomic E-state index is 11.8. The molecule has 92 valence electrons. The summed E-state index contributed by atoms with van der Waals surface area (Å²) in [7, 11) is 0. The summed E-state index contributed by atoms with van der Waals surface area (Å²) >= 11 is 1.65. The van der Waals surface area contributed by atoms with E-state index in [0.29, 0.717) is 0 Å². The number of hydrogen-bond donors (Lipinski definition) is 1. The van der Waals surface area contributed by atoms with Gasteiger partial charge in [-0.3, -0.25) is 4.79 Å². The summed E-state index contributed by atoms with van der Waals surface area (Å²) in [4.78, 5) is 15.8. The van der Waals surface area contributed by atoms with E-state index in [2.05, 4.69) is 10.1 Å². The minimum absolute atomic E-state index is 0.0306. The zero-order chi connectivity index (χ0) is 12.7. The topological polar surface area (TPSA) is 50.2 Å². The molecule has 18 heavy (non-hydrogen) atoms. The summed E-state index contributed by atoms with van der Waals surface area (Å²) in [5.74, 6) is 0. The molecule has 0 saturated carbocycles. The van der Waals surface area contributed by atoms with Crippen molar-refractivity contribution in [2.45, 2.75) is 20.3 Å². The first kappa shape index (κ1) is 11.2. The first-order chi connectivity index (χ1) is 8.70.